The van der Waals surface area contributed by atoms with Gasteiger partial charge in [-0.1, -0.05) is 38.0 Å². The summed E-state index contributed by atoms with van der Waals surface area (Å²) >= 11 is 0. The molecule has 0 spiro atoms. The van der Waals surface area contributed by atoms with E-state index < -0.39 is 15.7 Å². The predicted molar refractivity (Wildman–Crippen MR) is 111 cm³/mol. The topological polar surface area (TPSA) is 112 Å². The summed E-state index contributed by atoms with van der Waals surface area (Å²) in [5.74, 6) is 1.16. The second-order valence-electron chi connectivity index (χ2n) is 8.12. The fourth-order valence-corrected chi connectivity index (χ4v) is 4.18. The second kappa shape index (κ2) is 8.49. The molecule has 0 radical (unpaired) electrons. The van der Waals surface area contributed by atoms with E-state index in [2.05, 4.69) is 9.97 Å². The number of amides is 1. The molecule has 2 aliphatic carbocycles. The van der Waals surface area contributed by atoms with Gasteiger partial charge in [-0.25, -0.2) is 13.4 Å². The van der Waals surface area contributed by atoms with E-state index in [4.69, 9.17) is 10.5 Å². The molecule has 29 heavy (non-hydrogen) atoms. The van der Waals surface area contributed by atoms with E-state index in [9.17, 15) is 13.2 Å². The Hall–Kier alpha value is -2.48. The summed E-state index contributed by atoms with van der Waals surface area (Å²) in [7, 11) is -3.16. The summed E-state index contributed by atoms with van der Waals surface area (Å²) < 4.78 is 28.7. The molecule has 1 unspecified atom stereocenters. The second-order valence-corrected chi connectivity index (χ2v) is 10.1. The van der Waals surface area contributed by atoms with Gasteiger partial charge < -0.3 is 10.5 Å². The highest BCUT2D eigenvalue weighted by atomic mass is 32.2. The van der Waals surface area contributed by atoms with Crippen molar-refractivity contribution in [3.8, 4) is 5.88 Å². The molecule has 1 aromatic heterocycles. The van der Waals surface area contributed by atoms with E-state index >= 15 is 0 Å². The first-order chi connectivity index (χ1) is 13.7. The van der Waals surface area contributed by atoms with Crippen LogP contribution in [0.2, 0.25) is 0 Å². The molecule has 8 heteroatoms. The smallest absolute Gasteiger partial charge is 0.255 e. The van der Waals surface area contributed by atoms with Crippen molar-refractivity contribution in [2.24, 2.45) is 11.1 Å². The van der Waals surface area contributed by atoms with Gasteiger partial charge in [0.2, 0.25) is 5.88 Å². The summed E-state index contributed by atoms with van der Waals surface area (Å²) in [5.41, 5.74) is 5.33. The van der Waals surface area contributed by atoms with Gasteiger partial charge in [-0.05, 0) is 30.8 Å². The zero-order chi connectivity index (χ0) is 21.1. The Morgan fingerprint density at radius 2 is 2.10 bits per heavy atom. The fraction of sp³-hybridized carbons (Fsp3) is 0.476. The number of nitrogens with zero attached hydrogens (tertiary/aromatic N) is 2. The number of hydrogen-bond donors (Lipinski definition) is 1. The molecule has 156 valence electrons. The van der Waals surface area contributed by atoms with Crippen molar-refractivity contribution >= 4 is 15.7 Å². The average Bonchev–Trinajstić information content (AvgIpc) is 3.15. The number of primary amides is 1. The summed E-state index contributed by atoms with van der Waals surface area (Å²) in [6.45, 7) is 2.02. The third-order valence-corrected chi connectivity index (χ3v) is 5.96. The van der Waals surface area contributed by atoms with Gasteiger partial charge >= 0.3 is 0 Å². The molecule has 0 bridgehead atoms. The molecule has 0 aromatic carbocycles. The van der Waals surface area contributed by atoms with Crippen LogP contribution in [0.15, 0.2) is 41.7 Å². The van der Waals surface area contributed by atoms with Gasteiger partial charge in [0.1, 0.15) is 17.1 Å². The summed E-state index contributed by atoms with van der Waals surface area (Å²) in [6, 6.07) is 0. The molecule has 1 atom stereocenters. The Kier molecular flexibility index (Phi) is 6.21. The minimum absolute atomic E-state index is 0.154. The first-order valence-electron chi connectivity index (χ1n) is 9.75. The van der Waals surface area contributed by atoms with Crippen molar-refractivity contribution in [1.82, 2.24) is 9.97 Å². The zero-order valence-electron chi connectivity index (χ0n) is 16.8. The third kappa shape index (κ3) is 5.76. The number of ether oxygens (including phenoxy) is 1. The van der Waals surface area contributed by atoms with Crippen LogP contribution < -0.4 is 10.5 Å². The lowest BCUT2D eigenvalue weighted by atomic mass is 9.80. The van der Waals surface area contributed by atoms with Gasteiger partial charge in [0.05, 0.1) is 0 Å². The molecule has 7 nitrogen and oxygen atoms in total. The van der Waals surface area contributed by atoms with Crippen LogP contribution in [0.5, 0.6) is 5.88 Å². The number of carbonyl (C=O) groups is 1. The number of allylic oxidation sites excluding steroid dienone is 5. The number of sulfone groups is 1. The molecule has 1 aromatic rings. The molecule has 3 rings (SSSR count). The molecular formula is C21H27N3O4S. The van der Waals surface area contributed by atoms with Crippen molar-refractivity contribution in [1.29, 1.82) is 0 Å². The van der Waals surface area contributed by atoms with E-state index in [1.165, 1.54) is 17.9 Å². The van der Waals surface area contributed by atoms with Gasteiger partial charge in [0.15, 0.2) is 9.84 Å². The quantitative estimate of drug-likeness (QED) is 0.727. The number of hydrogen-bond acceptors (Lipinski definition) is 6. The van der Waals surface area contributed by atoms with Crippen LogP contribution in [-0.2, 0) is 9.84 Å². The largest absolute Gasteiger partial charge is 0.442 e. The Labute approximate surface area is 171 Å². The van der Waals surface area contributed by atoms with Gasteiger partial charge in [-0.3, -0.25) is 4.79 Å². The van der Waals surface area contributed by atoms with Crippen LogP contribution in [0.25, 0.3) is 0 Å². The number of carbonyl (C=O) groups excluding carboxylic acids is 1. The van der Waals surface area contributed by atoms with Gasteiger partial charge in [0, 0.05) is 30.2 Å². The van der Waals surface area contributed by atoms with Gasteiger partial charge in [-0.2, -0.15) is 4.98 Å². The Bertz CT molecular complexity index is 976. The Morgan fingerprint density at radius 3 is 2.76 bits per heavy atom. The Balaban J connectivity index is 1.78. The molecule has 1 saturated carbocycles. The van der Waals surface area contributed by atoms with Crippen LogP contribution >= 0.6 is 0 Å². The Morgan fingerprint density at radius 1 is 1.38 bits per heavy atom. The molecule has 0 aliphatic heterocycles. The monoisotopic (exact) mass is 417 g/mol. The molecular weight excluding hydrogens is 390 g/mol. The van der Waals surface area contributed by atoms with Crippen LogP contribution in [0, 0.1) is 5.41 Å². The first-order valence-corrected chi connectivity index (χ1v) is 11.7. The highest BCUT2D eigenvalue weighted by molar-refractivity contribution is 7.93. The molecule has 2 N–H and O–H groups in total. The summed E-state index contributed by atoms with van der Waals surface area (Å²) in [5, 5.41) is 1.22. The lowest BCUT2D eigenvalue weighted by Gasteiger charge is -2.28. The number of nitrogens with two attached hydrogens (primary N) is 1. The maximum Gasteiger partial charge on any atom is 0.255 e. The van der Waals surface area contributed by atoms with Crippen LogP contribution in [0.1, 0.15) is 67.5 Å². The summed E-state index contributed by atoms with van der Waals surface area (Å²) in [6.07, 6.45) is 15.4. The molecule has 2 aliphatic rings. The minimum atomic E-state index is -3.16. The van der Waals surface area contributed by atoms with E-state index in [1.807, 2.05) is 25.2 Å². The fourth-order valence-electron chi connectivity index (χ4n) is 3.74. The molecule has 1 amide bonds. The molecule has 0 saturated heterocycles. The first kappa shape index (κ1) is 21.2. The van der Waals surface area contributed by atoms with Gasteiger partial charge in [0.25, 0.3) is 5.91 Å². The standard InChI is InChI=1S/C21H27N3O4S/c1-21(11-6-12-29(2,26)27)10-5-9-16(13-21)28-20-17(18(22)25)14-23-19(24-20)15-7-3-4-8-15/h5-6,9-10,12,14-15H,3-4,7-8,11,13H2,1-2H3,(H2,22,25)/b12-6+. The van der Waals surface area contributed by atoms with Crippen LogP contribution in [-0.4, -0.2) is 30.5 Å². The third-order valence-electron chi connectivity index (χ3n) is 5.27. The maximum atomic E-state index is 11.8. The normalized spacial score (nSPS) is 22.8. The van der Waals surface area contributed by atoms with Crippen LogP contribution in [0.4, 0.5) is 0 Å². The number of aromatic nitrogens is 2. The van der Waals surface area contributed by atoms with E-state index in [0.717, 1.165) is 25.7 Å². The summed E-state index contributed by atoms with van der Waals surface area (Å²) in [4.78, 5) is 20.7. The SMILES string of the molecule is CC1(C/C=C/S(C)(=O)=O)C=CC=C(Oc2nc(C3CCCC3)ncc2C(N)=O)C1. The van der Waals surface area contributed by atoms with Crippen LogP contribution in [0.3, 0.4) is 0 Å². The maximum absolute atomic E-state index is 11.8. The van der Waals surface area contributed by atoms with Gasteiger partial charge in [-0.15, -0.1) is 0 Å². The highest BCUT2D eigenvalue weighted by Crippen LogP contribution is 2.37. The number of rotatable bonds is 7. The van der Waals surface area contributed by atoms with E-state index in [-0.39, 0.29) is 22.8 Å². The predicted octanol–water partition coefficient (Wildman–Crippen LogP) is 3.41. The van der Waals surface area contributed by atoms with Crippen molar-refractivity contribution < 1.29 is 17.9 Å². The van der Waals surface area contributed by atoms with E-state index in [0.29, 0.717) is 24.4 Å². The van der Waals surface area contributed by atoms with Crippen molar-refractivity contribution in [3.63, 3.8) is 0 Å². The zero-order valence-corrected chi connectivity index (χ0v) is 17.6. The molecule has 1 fully saturated rings. The molecule has 1 heterocycles. The highest BCUT2D eigenvalue weighted by Gasteiger charge is 2.27. The average molecular weight is 418 g/mol. The van der Waals surface area contributed by atoms with Crippen molar-refractivity contribution in [2.75, 3.05) is 6.26 Å². The van der Waals surface area contributed by atoms with E-state index in [1.54, 1.807) is 6.08 Å². The van der Waals surface area contributed by atoms with Crippen molar-refractivity contribution in [2.45, 2.75) is 51.4 Å². The van der Waals surface area contributed by atoms with Crippen molar-refractivity contribution in [3.05, 3.63) is 53.1 Å². The lowest BCUT2D eigenvalue weighted by Crippen LogP contribution is -2.20. The lowest BCUT2D eigenvalue weighted by molar-refractivity contribution is 0.0996. The minimum Gasteiger partial charge on any atom is -0.442 e.